The molecule has 0 radical (unpaired) electrons. The highest BCUT2D eigenvalue weighted by atomic mass is 32.2. The number of aryl methyl sites for hydroxylation is 2. The normalized spacial score (nSPS) is 15.7. The Balaban J connectivity index is 1.96. The van der Waals surface area contributed by atoms with Crippen molar-refractivity contribution in [3.8, 4) is 11.5 Å². The molecule has 1 aliphatic rings. The molecule has 0 spiro atoms. The van der Waals surface area contributed by atoms with E-state index in [1.807, 2.05) is 68.8 Å². The first kappa shape index (κ1) is 19.5. The van der Waals surface area contributed by atoms with Gasteiger partial charge < -0.3 is 9.47 Å². The summed E-state index contributed by atoms with van der Waals surface area (Å²) in [6, 6.07) is 9.56. The lowest BCUT2D eigenvalue weighted by Crippen LogP contribution is -2.39. The molecule has 0 atom stereocenters. The number of carbonyl (C=O) groups is 1. The first-order valence-corrected chi connectivity index (χ1v) is 10.0. The van der Waals surface area contributed by atoms with Gasteiger partial charge in [-0.1, -0.05) is 11.8 Å². The van der Waals surface area contributed by atoms with Crippen LogP contribution in [0.25, 0.3) is 6.08 Å². The molecule has 3 rings (SSSR count). The van der Waals surface area contributed by atoms with Crippen LogP contribution < -0.4 is 14.5 Å². The van der Waals surface area contributed by atoms with Gasteiger partial charge >= 0.3 is 0 Å². The summed E-state index contributed by atoms with van der Waals surface area (Å²) in [5, 5.41) is 1.55. The molecule has 1 aromatic heterocycles. The summed E-state index contributed by atoms with van der Waals surface area (Å²) in [4.78, 5) is 13.6. The fourth-order valence-electron chi connectivity index (χ4n) is 2.92. The van der Waals surface area contributed by atoms with Crippen molar-refractivity contribution in [3.63, 3.8) is 0 Å². The number of nitrogens with zero attached hydrogens (tertiary/aromatic N) is 2. The highest BCUT2D eigenvalue weighted by Crippen LogP contribution is 2.35. The molecule has 2 heterocycles. The number of aromatic nitrogens is 1. The van der Waals surface area contributed by atoms with Crippen molar-refractivity contribution < 1.29 is 14.3 Å². The minimum Gasteiger partial charge on any atom is -0.494 e. The molecule has 0 saturated carbocycles. The minimum absolute atomic E-state index is 0.135. The van der Waals surface area contributed by atoms with Gasteiger partial charge in [0.25, 0.3) is 5.91 Å². The van der Waals surface area contributed by atoms with Crippen LogP contribution in [0.5, 0.6) is 11.5 Å². The molecule has 1 aliphatic heterocycles. The van der Waals surface area contributed by atoms with E-state index < -0.39 is 0 Å². The van der Waals surface area contributed by atoms with Gasteiger partial charge in [0.2, 0.25) is 0 Å². The van der Waals surface area contributed by atoms with E-state index >= 15 is 0 Å². The predicted octanol–water partition coefficient (Wildman–Crippen LogP) is 4.44. The number of hydrogen-bond donors (Lipinski definition) is 0. The van der Waals surface area contributed by atoms with Crippen LogP contribution in [0.2, 0.25) is 0 Å². The molecule has 1 saturated heterocycles. The van der Waals surface area contributed by atoms with Crippen molar-refractivity contribution in [2.75, 3.05) is 18.2 Å². The Kier molecular flexibility index (Phi) is 5.92. The second-order valence-electron chi connectivity index (χ2n) is 5.99. The van der Waals surface area contributed by atoms with Crippen LogP contribution >= 0.6 is 24.0 Å². The van der Waals surface area contributed by atoms with E-state index in [1.165, 1.54) is 11.8 Å². The van der Waals surface area contributed by atoms with Crippen LogP contribution in [-0.4, -0.2) is 28.1 Å². The van der Waals surface area contributed by atoms with Crippen molar-refractivity contribution in [1.29, 1.82) is 0 Å². The molecule has 2 aromatic rings. The molecule has 1 amide bonds. The van der Waals surface area contributed by atoms with Crippen LogP contribution in [0.4, 0.5) is 0 Å². The highest BCUT2D eigenvalue weighted by molar-refractivity contribution is 8.27. The molecular formula is C20H22N2O3S2. The zero-order valence-electron chi connectivity index (χ0n) is 15.8. The van der Waals surface area contributed by atoms with Crippen LogP contribution in [0, 0.1) is 13.8 Å². The fraction of sp³-hybridized carbons (Fsp3) is 0.300. The van der Waals surface area contributed by atoms with Crippen LogP contribution in [-0.2, 0) is 4.79 Å². The van der Waals surface area contributed by atoms with Gasteiger partial charge in [-0.15, -0.1) is 0 Å². The van der Waals surface area contributed by atoms with Gasteiger partial charge in [0.15, 0.2) is 4.32 Å². The van der Waals surface area contributed by atoms with E-state index in [0.29, 0.717) is 28.2 Å². The third-order valence-corrected chi connectivity index (χ3v) is 5.37. The second-order valence-corrected chi connectivity index (χ2v) is 7.66. The smallest absolute Gasteiger partial charge is 0.285 e. The molecule has 0 aliphatic carbocycles. The summed E-state index contributed by atoms with van der Waals surface area (Å²) in [6.45, 7) is 8.88. The summed E-state index contributed by atoms with van der Waals surface area (Å²) in [7, 11) is 0. The lowest BCUT2D eigenvalue weighted by molar-refractivity contribution is -0.114. The summed E-state index contributed by atoms with van der Waals surface area (Å²) in [5.74, 6) is 1.29. The van der Waals surface area contributed by atoms with E-state index in [9.17, 15) is 4.79 Å². The third kappa shape index (κ3) is 3.89. The molecule has 0 bridgehead atoms. The number of benzene rings is 1. The molecule has 1 fully saturated rings. The summed E-state index contributed by atoms with van der Waals surface area (Å²) in [5.41, 5.74) is 2.74. The first-order valence-electron chi connectivity index (χ1n) is 8.79. The maximum absolute atomic E-state index is 13.0. The number of rotatable bonds is 6. The molecule has 0 unspecified atom stereocenters. The van der Waals surface area contributed by atoms with Crippen molar-refractivity contribution in [2.45, 2.75) is 27.7 Å². The van der Waals surface area contributed by atoms with E-state index in [4.69, 9.17) is 21.7 Å². The maximum Gasteiger partial charge on any atom is 0.285 e. The van der Waals surface area contributed by atoms with Gasteiger partial charge in [-0.25, -0.2) is 0 Å². The Morgan fingerprint density at radius 2 is 1.74 bits per heavy atom. The molecule has 142 valence electrons. The molecule has 7 heteroatoms. The predicted molar refractivity (Wildman–Crippen MR) is 114 cm³/mol. The summed E-state index contributed by atoms with van der Waals surface area (Å²) in [6.07, 6.45) is 1.83. The lowest BCUT2D eigenvalue weighted by atomic mass is 10.1. The fourth-order valence-corrected chi connectivity index (χ4v) is 4.15. The van der Waals surface area contributed by atoms with Gasteiger partial charge in [0.1, 0.15) is 11.5 Å². The van der Waals surface area contributed by atoms with Crippen molar-refractivity contribution in [3.05, 3.63) is 52.2 Å². The Morgan fingerprint density at radius 3 is 2.37 bits per heavy atom. The number of carbonyl (C=O) groups excluding carboxylic acids is 1. The van der Waals surface area contributed by atoms with Crippen LogP contribution in [0.3, 0.4) is 0 Å². The number of ether oxygens (including phenoxy) is 2. The minimum atomic E-state index is -0.135. The van der Waals surface area contributed by atoms with Gasteiger partial charge in [-0.05, 0) is 70.3 Å². The topological polar surface area (TPSA) is 43.7 Å². The first-order chi connectivity index (χ1) is 13.0. The average molecular weight is 403 g/mol. The van der Waals surface area contributed by atoms with E-state index in [0.717, 1.165) is 22.7 Å². The molecule has 5 nitrogen and oxygen atoms in total. The monoisotopic (exact) mass is 402 g/mol. The number of amides is 1. The molecule has 0 N–H and O–H groups in total. The van der Waals surface area contributed by atoms with Crippen molar-refractivity contribution in [2.24, 2.45) is 0 Å². The van der Waals surface area contributed by atoms with E-state index in [1.54, 1.807) is 5.01 Å². The Hall–Kier alpha value is -2.25. The largest absolute Gasteiger partial charge is 0.494 e. The second kappa shape index (κ2) is 8.19. The molecular weight excluding hydrogens is 380 g/mol. The van der Waals surface area contributed by atoms with Crippen LogP contribution in [0.1, 0.15) is 30.8 Å². The van der Waals surface area contributed by atoms with Crippen molar-refractivity contribution >= 4 is 40.3 Å². The van der Waals surface area contributed by atoms with E-state index in [-0.39, 0.29) is 5.91 Å². The number of thiocarbonyl (C=S) groups is 1. The molecule has 1 aromatic carbocycles. The number of thioether (sulfide) groups is 1. The molecule has 27 heavy (non-hydrogen) atoms. The third-order valence-electron chi connectivity index (χ3n) is 4.09. The van der Waals surface area contributed by atoms with Gasteiger partial charge in [-0.3, -0.25) is 9.47 Å². The standard InChI is InChI=1S/C20H22N2O3S2/c1-5-24-16-10-9-15(17(12-16)25-6-2)11-18-19(23)22(20(26)27-18)21-13(3)7-8-14(21)4/h7-12H,5-6H2,1-4H3/b18-11+. The summed E-state index contributed by atoms with van der Waals surface area (Å²) < 4.78 is 13.6. The number of hydrogen-bond acceptors (Lipinski definition) is 5. The zero-order chi connectivity index (χ0) is 19.6. The quantitative estimate of drug-likeness (QED) is 0.528. The van der Waals surface area contributed by atoms with Crippen molar-refractivity contribution in [1.82, 2.24) is 4.68 Å². The van der Waals surface area contributed by atoms with E-state index in [2.05, 4.69) is 0 Å². The SMILES string of the molecule is CCOc1ccc(/C=C2/SC(=S)N(n3c(C)ccc3C)C2=O)c(OCC)c1. The lowest BCUT2D eigenvalue weighted by Gasteiger charge is -2.20. The Labute approximate surface area is 168 Å². The highest BCUT2D eigenvalue weighted by Gasteiger charge is 2.35. The maximum atomic E-state index is 13.0. The Morgan fingerprint density at radius 1 is 1.07 bits per heavy atom. The van der Waals surface area contributed by atoms with Gasteiger partial charge in [0.05, 0.1) is 18.1 Å². The van der Waals surface area contributed by atoms with Crippen LogP contribution in [0.15, 0.2) is 35.2 Å². The average Bonchev–Trinajstić information content (AvgIpc) is 3.09. The zero-order valence-corrected chi connectivity index (χ0v) is 17.4. The van der Waals surface area contributed by atoms with Gasteiger partial charge in [0, 0.05) is 23.0 Å². The van der Waals surface area contributed by atoms with Gasteiger partial charge in [-0.2, -0.15) is 5.01 Å². The summed E-state index contributed by atoms with van der Waals surface area (Å²) >= 11 is 6.77. The Bertz CT molecular complexity index is 898.